The third-order valence-corrected chi connectivity index (χ3v) is 4.43. The second kappa shape index (κ2) is 6.67. The molecule has 2 unspecified atom stereocenters. The van der Waals surface area contributed by atoms with Crippen LogP contribution in [0.15, 0.2) is 36.9 Å². The van der Waals surface area contributed by atoms with Gasteiger partial charge in [-0.05, 0) is 31.2 Å². The maximum absolute atomic E-state index is 12.5. The molecular weight excluding hydrogens is 290 g/mol. The summed E-state index contributed by atoms with van der Waals surface area (Å²) in [6.45, 7) is 5.80. The van der Waals surface area contributed by atoms with Crippen molar-refractivity contribution < 1.29 is 19.4 Å². The predicted octanol–water partition coefficient (Wildman–Crippen LogP) is 2.24. The van der Waals surface area contributed by atoms with E-state index in [2.05, 4.69) is 6.58 Å². The summed E-state index contributed by atoms with van der Waals surface area (Å²) in [4.78, 5) is 25.1. The first-order chi connectivity index (χ1) is 10.0. The molecule has 1 aromatic carbocycles. The maximum atomic E-state index is 12.5. The Morgan fingerprint density at radius 3 is 2.71 bits per heavy atom. The number of ether oxygens (including phenoxy) is 1. The number of thioether (sulfide) groups is 1. The van der Waals surface area contributed by atoms with Crippen LogP contribution in [0.1, 0.15) is 17.3 Å². The van der Waals surface area contributed by atoms with Crippen LogP contribution in [-0.2, 0) is 4.79 Å². The van der Waals surface area contributed by atoms with Gasteiger partial charge in [0.1, 0.15) is 18.4 Å². The fourth-order valence-corrected chi connectivity index (χ4v) is 3.31. The van der Waals surface area contributed by atoms with Crippen molar-refractivity contribution in [1.82, 2.24) is 4.90 Å². The zero-order valence-corrected chi connectivity index (χ0v) is 12.5. The number of carboxylic acid groups (broad SMARTS) is 1. The van der Waals surface area contributed by atoms with Crippen LogP contribution in [0, 0.1) is 0 Å². The molecule has 0 aromatic heterocycles. The van der Waals surface area contributed by atoms with Gasteiger partial charge in [-0.2, -0.15) is 0 Å². The first-order valence-electron chi connectivity index (χ1n) is 6.55. The van der Waals surface area contributed by atoms with Gasteiger partial charge in [0.25, 0.3) is 5.91 Å². The summed E-state index contributed by atoms with van der Waals surface area (Å²) < 4.78 is 5.35. The Hall–Kier alpha value is -1.95. The number of carboxylic acids is 1. The highest BCUT2D eigenvalue weighted by molar-refractivity contribution is 8.00. The van der Waals surface area contributed by atoms with E-state index in [9.17, 15) is 14.7 Å². The van der Waals surface area contributed by atoms with E-state index < -0.39 is 12.0 Å². The molecule has 0 aliphatic carbocycles. The Balaban J connectivity index is 2.15. The Morgan fingerprint density at radius 1 is 1.48 bits per heavy atom. The minimum atomic E-state index is -0.967. The third kappa shape index (κ3) is 3.39. The molecule has 2 rings (SSSR count). The number of benzene rings is 1. The first-order valence-corrected chi connectivity index (χ1v) is 7.60. The molecule has 1 fully saturated rings. The fourth-order valence-electron chi connectivity index (χ4n) is 2.14. The smallest absolute Gasteiger partial charge is 0.327 e. The normalized spacial score (nSPS) is 21.1. The quantitative estimate of drug-likeness (QED) is 0.845. The van der Waals surface area contributed by atoms with Gasteiger partial charge in [-0.1, -0.05) is 12.7 Å². The van der Waals surface area contributed by atoms with Gasteiger partial charge in [-0.15, -0.1) is 11.8 Å². The molecule has 112 valence electrons. The van der Waals surface area contributed by atoms with Gasteiger partial charge in [0.2, 0.25) is 0 Å². The van der Waals surface area contributed by atoms with Crippen molar-refractivity contribution in [3.8, 4) is 5.75 Å². The molecule has 0 radical (unpaired) electrons. The standard InChI is InChI=1S/C15H17NO4S/c1-3-8-20-12-6-4-11(5-7-12)14(17)16-10(2)21-9-13(16)15(18)19/h3-7,10,13H,1,8-9H2,2H3,(H,18,19). The number of carbonyl (C=O) groups excluding carboxylic acids is 1. The number of carbonyl (C=O) groups is 2. The molecule has 1 aromatic rings. The zero-order valence-electron chi connectivity index (χ0n) is 11.7. The van der Waals surface area contributed by atoms with Crippen molar-refractivity contribution in [2.24, 2.45) is 0 Å². The van der Waals surface area contributed by atoms with E-state index in [1.165, 1.54) is 16.7 Å². The highest BCUT2D eigenvalue weighted by atomic mass is 32.2. The van der Waals surface area contributed by atoms with Crippen LogP contribution in [0.5, 0.6) is 5.75 Å². The minimum absolute atomic E-state index is 0.143. The van der Waals surface area contributed by atoms with E-state index in [-0.39, 0.29) is 11.3 Å². The fraction of sp³-hybridized carbons (Fsp3) is 0.333. The number of amides is 1. The topological polar surface area (TPSA) is 66.8 Å². The molecule has 2 atom stereocenters. The first kappa shape index (κ1) is 15.4. The van der Waals surface area contributed by atoms with Gasteiger partial charge in [0, 0.05) is 11.3 Å². The van der Waals surface area contributed by atoms with E-state index in [1.807, 2.05) is 6.92 Å². The Bertz CT molecular complexity index is 543. The second-order valence-corrected chi connectivity index (χ2v) is 5.97. The molecule has 0 spiro atoms. The molecule has 1 amide bonds. The van der Waals surface area contributed by atoms with Crippen LogP contribution in [0.3, 0.4) is 0 Å². The van der Waals surface area contributed by atoms with E-state index in [0.29, 0.717) is 23.7 Å². The van der Waals surface area contributed by atoms with Gasteiger partial charge in [-0.3, -0.25) is 4.79 Å². The van der Waals surface area contributed by atoms with Gasteiger partial charge < -0.3 is 14.7 Å². The largest absolute Gasteiger partial charge is 0.490 e. The average molecular weight is 307 g/mol. The summed E-state index contributed by atoms with van der Waals surface area (Å²) in [5.41, 5.74) is 0.460. The van der Waals surface area contributed by atoms with Gasteiger partial charge in [0.15, 0.2) is 0 Å². The summed E-state index contributed by atoms with van der Waals surface area (Å²) in [6.07, 6.45) is 1.64. The van der Waals surface area contributed by atoms with Crippen LogP contribution < -0.4 is 4.74 Å². The van der Waals surface area contributed by atoms with Crippen LogP contribution in [0.4, 0.5) is 0 Å². The van der Waals surface area contributed by atoms with E-state index in [0.717, 1.165) is 0 Å². The lowest BCUT2D eigenvalue weighted by atomic mass is 10.1. The lowest BCUT2D eigenvalue weighted by Crippen LogP contribution is -2.44. The summed E-state index contributed by atoms with van der Waals surface area (Å²) in [7, 11) is 0. The molecule has 1 saturated heterocycles. The van der Waals surface area contributed by atoms with Crippen LogP contribution in [0.2, 0.25) is 0 Å². The Morgan fingerprint density at radius 2 is 2.14 bits per heavy atom. The molecule has 1 aliphatic rings. The summed E-state index contributed by atoms with van der Waals surface area (Å²) in [5, 5.41) is 9.06. The van der Waals surface area contributed by atoms with Crippen molar-refractivity contribution in [3.63, 3.8) is 0 Å². The number of rotatable bonds is 5. The molecule has 0 bridgehead atoms. The lowest BCUT2D eigenvalue weighted by molar-refractivity contribution is -0.141. The number of hydrogen-bond acceptors (Lipinski definition) is 4. The summed E-state index contributed by atoms with van der Waals surface area (Å²) in [5.74, 6) is -0.172. The molecule has 1 N–H and O–H groups in total. The van der Waals surface area contributed by atoms with Crippen LogP contribution in [0.25, 0.3) is 0 Å². The van der Waals surface area contributed by atoms with Crippen molar-refractivity contribution in [2.45, 2.75) is 18.3 Å². The van der Waals surface area contributed by atoms with E-state index >= 15 is 0 Å². The average Bonchev–Trinajstić information content (AvgIpc) is 2.87. The van der Waals surface area contributed by atoms with Crippen molar-refractivity contribution >= 4 is 23.6 Å². The predicted molar refractivity (Wildman–Crippen MR) is 81.6 cm³/mol. The van der Waals surface area contributed by atoms with Crippen molar-refractivity contribution in [1.29, 1.82) is 0 Å². The summed E-state index contributed by atoms with van der Waals surface area (Å²) >= 11 is 1.47. The number of nitrogens with zero attached hydrogens (tertiary/aromatic N) is 1. The monoisotopic (exact) mass is 307 g/mol. The van der Waals surface area contributed by atoms with Crippen molar-refractivity contribution in [3.05, 3.63) is 42.5 Å². The highest BCUT2D eigenvalue weighted by Crippen LogP contribution is 2.30. The molecular formula is C15H17NO4S. The maximum Gasteiger partial charge on any atom is 0.327 e. The molecule has 21 heavy (non-hydrogen) atoms. The van der Waals surface area contributed by atoms with Crippen LogP contribution in [-0.4, -0.2) is 45.7 Å². The second-order valence-electron chi connectivity index (χ2n) is 4.62. The third-order valence-electron chi connectivity index (χ3n) is 3.21. The van der Waals surface area contributed by atoms with Crippen LogP contribution >= 0.6 is 11.8 Å². The SMILES string of the molecule is C=CCOc1ccc(C(=O)N2C(C)SCC2C(=O)O)cc1. The molecule has 1 heterocycles. The summed E-state index contributed by atoms with van der Waals surface area (Å²) in [6, 6.07) is 5.92. The lowest BCUT2D eigenvalue weighted by Gasteiger charge is -2.25. The molecule has 0 saturated carbocycles. The Labute approximate surface area is 127 Å². The van der Waals surface area contributed by atoms with Gasteiger partial charge in [0.05, 0.1) is 5.37 Å². The Kier molecular flexibility index (Phi) is 4.90. The molecule has 1 aliphatic heterocycles. The van der Waals surface area contributed by atoms with E-state index in [4.69, 9.17) is 4.74 Å². The zero-order chi connectivity index (χ0) is 15.4. The number of aliphatic carboxylic acids is 1. The molecule has 5 nitrogen and oxygen atoms in total. The van der Waals surface area contributed by atoms with Crippen molar-refractivity contribution in [2.75, 3.05) is 12.4 Å². The minimum Gasteiger partial charge on any atom is -0.490 e. The van der Waals surface area contributed by atoms with E-state index in [1.54, 1.807) is 30.3 Å². The highest BCUT2D eigenvalue weighted by Gasteiger charge is 2.39. The number of hydrogen-bond donors (Lipinski definition) is 1. The van der Waals surface area contributed by atoms with Gasteiger partial charge >= 0.3 is 5.97 Å². The van der Waals surface area contributed by atoms with Gasteiger partial charge in [-0.25, -0.2) is 4.79 Å². The molecule has 6 heteroatoms.